The van der Waals surface area contributed by atoms with Crippen LogP contribution in [0, 0.1) is 0 Å². The Bertz CT molecular complexity index is 461. The second kappa shape index (κ2) is 5.35. The summed E-state index contributed by atoms with van der Waals surface area (Å²) in [4.78, 5) is 13.1. The molecule has 96 valence electrons. The van der Waals surface area contributed by atoms with Gasteiger partial charge in [-0.05, 0) is 18.7 Å². The molecular weight excluding hydrogens is 250 g/mol. The van der Waals surface area contributed by atoms with Crippen molar-refractivity contribution >= 4 is 17.9 Å². The average molecular weight is 265 g/mol. The standard InChI is InChI=1S/C13H15NO3S/c1-9-12(10-6-4-3-5-7-10)17-13(16)14(9)11(15)8-18-2/h3-9,12,15H,1-2H3/b11-8-/t9-,12-/m1/s1. The van der Waals surface area contributed by atoms with Crippen LogP contribution in [-0.2, 0) is 4.74 Å². The van der Waals surface area contributed by atoms with E-state index in [9.17, 15) is 9.90 Å². The van der Waals surface area contributed by atoms with Crippen molar-refractivity contribution in [3.05, 3.63) is 47.2 Å². The third-order valence-electron chi connectivity index (χ3n) is 2.87. The molecule has 4 nitrogen and oxygen atoms in total. The van der Waals surface area contributed by atoms with E-state index in [1.165, 1.54) is 22.1 Å². The van der Waals surface area contributed by atoms with Crippen LogP contribution in [0.3, 0.4) is 0 Å². The summed E-state index contributed by atoms with van der Waals surface area (Å²) in [5.41, 5.74) is 0.929. The van der Waals surface area contributed by atoms with Crippen molar-refractivity contribution in [2.45, 2.75) is 19.1 Å². The van der Waals surface area contributed by atoms with Gasteiger partial charge in [0.25, 0.3) is 0 Å². The molecule has 2 atom stereocenters. The average Bonchev–Trinajstić information content (AvgIpc) is 2.66. The third kappa shape index (κ3) is 2.31. The second-order valence-electron chi connectivity index (χ2n) is 4.04. The number of carbonyl (C=O) groups is 1. The molecule has 1 N–H and O–H groups in total. The number of aliphatic hydroxyl groups excluding tert-OH is 1. The molecule has 0 aromatic heterocycles. The highest BCUT2D eigenvalue weighted by atomic mass is 32.2. The van der Waals surface area contributed by atoms with Gasteiger partial charge in [-0.3, -0.25) is 0 Å². The van der Waals surface area contributed by atoms with Gasteiger partial charge in [0.05, 0.1) is 6.04 Å². The van der Waals surface area contributed by atoms with Crippen LogP contribution in [0.4, 0.5) is 4.79 Å². The molecule has 2 rings (SSSR count). The number of thioether (sulfide) groups is 1. The molecule has 0 radical (unpaired) electrons. The van der Waals surface area contributed by atoms with Crippen LogP contribution in [0.5, 0.6) is 0 Å². The highest BCUT2D eigenvalue weighted by molar-refractivity contribution is 8.01. The quantitative estimate of drug-likeness (QED) is 0.852. The second-order valence-corrected chi connectivity index (χ2v) is 4.74. The van der Waals surface area contributed by atoms with E-state index in [-0.39, 0.29) is 18.0 Å². The Labute approximate surface area is 110 Å². The maximum absolute atomic E-state index is 11.8. The van der Waals surface area contributed by atoms with E-state index in [0.29, 0.717) is 0 Å². The predicted octanol–water partition coefficient (Wildman–Crippen LogP) is 3.29. The molecular formula is C13H15NO3S. The minimum atomic E-state index is -0.515. The van der Waals surface area contributed by atoms with Crippen molar-refractivity contribution in [3.8, 4) is 0 Å². The van der Waals surface area contributed by atoms with Crippen LogP contribution in [0.2, 0.25) is 0 Å². The molecule has 0 saturated carbocycles. The van der Waals surface area contributed by atoms with Gasteiger partial charge in [0.2, 0.25) is 5.88 Å². The molecule has 1 heterocycles. The van der Waals surface area contributed by atoms with E-state index in [0.717, 1.165) is 5.56 Å². The van der Waals surface area contributed by atoms with E-state index in [1.807, 2.05) is 43.5 Å². The minimum absolute atomic E-state index is 0.0709. The number of benzene rings is 1. The fourth-order valence-electron chi connectivity index (χ4n) is 2.02. The first-order chi connectivity index (χ1) is 8.65. The number of amides is 1. The van der Waals surface area contributed by atoms with Crippen LogP contribution in [0.1, 0.15) is 18.6 Å². The monoisotopic (exact) mass is 265 g/mol. The zero-order chi connectivity index (χ0) is 13.1. The summed E-state index contributed by atoms with van der Waals surface area (Å²) in [5, 5.41) is 11.3. The van der Waals surface area contributed by atoms with Crippen molar-refractivity contribution < 1.29 is 14.6 Å². The van der Waals surface area contributed by atoms with Gasteiger partial charge in [-0.15, -0.1) is 11.8 Å². The van der Waals surface area contributed by atoms with Gasteiger partial charge in [0.15, 0.2) is 0 Å². The van der Waals surface area contributed by atoms with E-state index in [1.54, 1.807) is 0 Å². The fourth-order valence-corrected chi connectivity index (χ4v) is 2.34. The molecule has 0 aliphatic carbocycles. The maximum Gasteiger partial charge on any atom is 0.417 e. The van der Waals surface area contributed by atoms with Gasteiger partial charge < -0.3 is 9.84 Å². The van der Waals surface area contributed by atoms with Crippen molar-refractivity contribution in [1.29, 1.82) is 0 Å². The molecule has 0 unspecified atom stereocenters. The minimum Gasteiger partial charge on any atom is -0.494 e. The Morgan fingerprint density at radius 3 is 2.72 bits per heavy atom. The Balaban J connectivity index is 2.24. The number of hydrogen-bond donors (Lipinski definition) is 1. The van der Waals surface area contributed by atoms with Crippen LogP contribution < -0.4 is 0 Å². The van der Waals surface area contributed by atoms with Crippen molar-refractivity contribution in [2.75, 3.05) is 6.26 Å². The lowest BCUT2D eigenvalue weighted by Crippen LogP contribution is -2.31. The highest BCUT2D eigenvalue weighted by Crippen LogP contribution is 2.34. The summed E-state index contributed by atoms with van der Waals surface area (Å²) in [6.07, 6.45) is 0.951. The number of carbonyl (C=O) groups excluding carboxylic acids is 1. The molecule has 0 bridgehead atoms. The number of nitrogens with zero attached hydrogens (tertiary/aromatic N) is 1. The van der Waals surface area contributed by atoms with Gasteiger partial charge in [-0.25, -0.2) is 9.69 Å². The van der Waals surface area contributed by atoms with Crippen molar-refractivity contribution in [3.63, 3.8) is 0 Å². The lowest BCUT2D eigenvalue weighted by atomic mass is 10.0. The number of aliphatic hydroxyl groups is 1. The summed E-state index contributed by atoms with van der Waals surface area (Å²) in [7, 11) is 0. The van der Waals surface area contributed by atoms with Crippen LogP contribution in [-0.4, -0.2) is 28.4 Å². The molecule has 5 heteroatoms. The normalized spacial score (nSPS) is 24.2. The van der Waals surface area contributed by atoms with E-state index in [4.69, 9.17) is 4.74 Å². The molecule has 1 aliphatic heterocycles. The number of cyclic esters (lactones) is 1. The molecule has 18 heavy (non-hydrogen) atoms. The molecule has 1 aliphatic rings. The Morgan fingerprint density at radius 1 is 1.44 bits per heavy atom. The molecule has 1 aromatic rings. The maximum atomic E-state index is 11.8. The van der Waals surface area contributed by atoms with E-state index < -0.39 is 6.09 Å². The Hall–Kier alpha value is -1.62. The van der Waals surface area contributed by atoms with Gasteiger partial charge in [-0.1, -0.05) is 30.3 Å². The largest absolute Gasteiger partial charge is 0.494 e. The van der Waals surface area contributed by atoms with E-state index >= 15 is 0 Å². The smallest absolute Gasteiger partial charge is 0.417 e. The summed E-state index contributed by atoms with van der Waals surface area (Å²) in [6.45, 7) is 1.85. The van der Waals surface area contributed by atoms with E-state index in [2.05, 4.69) is 0 Å². The first-order valence-electron chi connectivity index (χ1n) is 5.62. The van der Waals surface area contributed by atoms with Gasteiger partial charge in [0.1, 0.15) is 6.10 Å². The molecule has 1 amide bonds. The molecule has 1 saturated heterocycles. The van der Waals surface area contributed by atoms with Gasteiger partial charge in [-0.2, -0.15) is 0 Å². The SMILES string of the molecule is CS/C=C(\O)N1C(=O)O[C@@H](c2ccccc2)[C@H]1C. The summed E-state index contributed by atoms with van der Waals surface area (Å²) >= 11 is 1.34. The first kappa shape index (κ1) is 12.8. The Morgan fingerprint density at radius 2 is 2.11 bits per heavy atom. The van der Waals surface area contributed by atoms with Crippen molar-refractivity contribution in [1.82, 2.24) is 4.90 Å². The summed E-state index contributed by atoms with van der Waals surface area (Å²) < 4.78 is 5.32. The van der Waals surface area contributed by atoms with Gasteiger partial charge >= 0.3 is 6.09 Å². The predicted molar refractivity (Wildman–Crippen MR) is 71.2 cm³/mol. The lowest BCUT2D eigenvalue weighted by molar-refractivity contribution is 0.129. The topological polar surface area (TPSA) is 49.8 Å². The summed E-state index contributed by atoms with van der Waals surface area (Å²) in [6, 6.07) is 9.30. The molecule has 1 fully saturated rings. The molecule has 0 spiro atoms. The summed E-state index contributed by atoms with van der Waals surface area (Å²) in [5.74, 6) is -0.0709. The first-order valence-corrected chi connectivity index (χ1v) is 6.90. The van der Waals surface area contributed by atoms with Crippen LogP contribution >= 0.6 is 11.8 Å². The van der Waals surface area contributed by atoms with Gasteiger partial charge in [0, 0.05) is 5.41 Å². The van der Waals surface area contributed by atoms with Crippen molar-refractivity contribution in [2.24, 2.45) is 0 Å². The molecule has 1 aromatic carbocycles. The third-order valence-corrected chi connectivity index (χ3v) is 3.31. The zero-order valence-corrected chi connectivity index (χ0v) is 11.1. The van der Waals surface area contributed by atoms with Crippen LogP contribution in [0.15, 0.2) is 41.6 Å². The number of rotatable bonds is 3. The Kier molecular flexibility index (Phi) is 3.81. The number of ether oxygens (including phenoxy) is 1. The van der Waals surface area contributed by atoms with Crippen LogP contribution in [0.25, 0.3) is 0 Å². The zero-order valence-electron chi connectivity index (χ0n) is 10.2. The highest BCUT2D eigenvalue weighted by Gasteiger charge is 2.41. The lowest BCUT2D eigenvalue weighted by Gasteiger charge is -2.19. The number of hydrogen-bond acceptors (Lipinski definition) is 4. The fraction of sp³-hybridized carbons (Fsp3) is 0.308.